The third-order valence-corrected chi connectivity index (χ3v) is 3.64. The molecular formula is C15H22N4O2. The number of carbonyl (C=O) groups is 2. The minimum atomic E-state index is -0.146. The van der Waals surface area contributed by atoms with Crippen molar-refractivity contribution in [2.45, 2.75) is 19.8 Å². The number of carbonyl (C=O) groups excluding carboxylic acids is 2. The van der Waals surface area contributed by atoms with E-state index >= 15 is 0 Å². The van der Waals surface area contributed by atoms with E-state index in [1.165, 1.54) is 0 Å². The Balaban J connectivity index is 2.00. The third kappa shape index (κ3) is 4.01. The number of amides is 2. The minimum absolute atomic E-state index is 0.0136. The molecule has 21 heavy (non-hydrogen) atoms. The Hall–Kier alpha value is -1.95. The van der Waals surface area contributed by atoms with Gasteiger partial charge in [-0.25, -0.2) is 0 Å². The number of rotatable bonds is 4. The summed E-state index contributed by atoms with van der Waals surface area (Å²) in [7, 11) is 0. The van der Waals surface area contributed by atoms with E-state index in [0.717, 1.165) is 18.4 Å². The molecule has 0 spiro atoms. The van der Waals surface area contributed by atoms with Crippen LogP contribution < -0.4 is 11.1 Å². The second kappa shape index (κ2) is 7.17. The molecule has 1 aliphatic heterocycles. The van der Waals surface area contributed by atoms with Crippen molar-refractivity contribution in [3.63, 3.8) is 0 Å². The van der Waals surface area contributed by atoms with Gasteiger partial charge in [-0.1, -0.05) is 0 Å². The van der Waals surface area contributed by atoms with Gasteiger partial charge in [0.25, 0.3) is 5.91 Å². The number of likely N-dealkylation sites (tertiary alicyclic amines) is 1. The highest BCUT2D eigenvalue weighted by atomic mass is 16.2. The molecule has 2 heterocycles. The van der Waals surface area contributed by atoms with E-state index in [4.69, 9.17) is 5.73 Å². The van der Waals surface area contributed by atoms with Crippen LogP contribution in [0.5, 0.6) is 0 Å². The van der Waals surface area contributed by atoms with E-state index in [0.29, 0.717) is 31.7 Å². The average Bonchev–Trinajstić information content (AvgIpc) is 2.52. The fourth-order valence-electron chi connectivity index (χ4n) is 2.57. The number of nitrogens with zero attached hydrogens (tertiary/aromatic N) is 2. The molecule has 1 fully saturated rings. The van der Waals surface area contributed by atoms with Gasteiger partial charge in [-0.05, 0) is 31.4 Å². The lowest BCUT2D eigenvalue weighted by molar-refractivity contribution is -0.126. The van der Waals surface area contributed by atoms with Crippen molar-refractivity contribution >= 4 is 11.8 Å². The molecule has 1 saturated heterocycles. The van der Waals surface area contributed by atoms with Crippen molar-refractivity contribution in [3.05, 3.63) is 29.6 Å². The Morgan fingerprint density at radius 3 is 3.00 bits per heavy atom. The van der Waals surface area contributed by atoms with Gasteiger partial charge in [0.15, 0.2) is 0 Å². The van der Waals surface area contributed by atoms with Gasteiger partial charge >= 0.3 is 0 Å². The van der Waals surface area contributed by atoms with E-state index in [9.17, 15) is 9.59 Å². The number of aromatic nitrogens is 1. The molecule has 1 aliphatic rings. The predicted molar refractivity (Wildman–Crippen MR) is 79.7 cm³/mol. The van der Waals surface area contributed by atoms with Crippen LogP contribution in [0.1, 0.15) is 28.8 Å². The standard InChI is InChI=1S/C15H22N4O2/c1-11-7-13(9-17-8-11)15(21)19-6-2-3-12(10-19)14(20)18-5-4-16/h7-9,12H,2-6,10,16H2,1H3,(H,18,20). The molecule has 1 aromatic heterocycles. The Morgan fingerprint density at radius 2 is 2.29 bits per heavy atom. The molecule has 0 bridgehead atoms. The van der Waals surface area contributed by atoms with Crippen LogP contribution in [-0.4, -0.2) is 47.9 Å². The number of piperidine rings is 1. The predicted octanol–water partition coefficient (Wildman–Crippen LogP) is 0.317. The fourth-order valence-corrected chi connectivity index (χ4v) is 2.57. The number of nitrogens with one attached hydrogen (secondary N) is 1. The average molecular weight is 290 g/mol. The number of aryl methyl sites for hydroxylation is 1. The van der Waals surface area contributed by atoms with E-state index in [2.05, 4.69) is 10.3 Å². The quantitative estimate of drug-likeness (QED) is 0.835. The summed E-state index contributed by atoms with van der Waals surface area (Å²) < 4.78 is 0. The first-order valence-electron chi connectivity index (χ1n) is 7.30. The van der Waals surface area contributed by atoms with Crippen LogP contribution in [0.15, 0.2) is 18.5 Å². The molecule has 1 unspecified atom stereocenters. The maximum absolute atomic E-state index is 12.5. The van der Waals surface area contributed by atoms with Crippen molar-refractivity contribution in [1.82, 2.24) is 15.2 Å². The summed E-state index contributed by atoms with van der Waals surface area (Å²) in [5.74, 6) is -0.213. The van der Waals surface area contributed by atoms with Gasteiger partial charge in [-0.15, -0.1) is 0 Å². The van der Waals surface area contributed by atoms with E-state index in [1.807, 2.05) is 13.0 Å². The molecule has 3 N–H and O–H groups in total. The van der Waals surface area contributed by atoms with Crippen molar-refractivity contribution in [2.24, 2.45) is 11.7 Å². The van der Waals surface area contributed by atoms with Crippen molar-refractivity contribution in [1.29, 1.82) is 0 Å². The summed E-state index contributed by atoms with van der Waals surface area (Å²) in [4.78, 5) is 30.3. The van der Waals surface area contributed by atoms with Crippen LogP contribution in [0.2, 0.25) is 0 Å². The summed E-state index contributed by atoms with van der Waals surface area (Å²) in [5.41, 5.74) is 6.92. The molecule has 1 aromatic rings. The highest BCUT2D eigenvalue weighted by Gasteiger charge is 2.28. The van der Waals surface area contributed by atoms with Crippen LogP contribution in [0, 0.1) is 12.8 Å². The summed E-state index contributed by atoms with van der Waals surface area (Å²) in [6, 6.07) is 1.83. The summed E-state index contributed by atoms with van der Waals surface area (Å²) in [6.45, 7) is 3.96. The van der Waals surface area contributed by atoms with Crippen molar-refractivity contribution < 1.29 is 9.59 Å². The van der Waals surface area contributed by atoms with E-state index in [1.54, 1.807) is 17.3 Å². The highest BCUT2D eigenvalue weighted by molar-refractivity contribution is 5.94. The van der Waals surface area contributed by atoms with Crippen LogP contribution in [0.25, 0.3) is 0 Å². The van der Waals surface area contributed by atoms with Gasteiger partial charge in [0, 0.05) is 38.6 Å². The van der Waals surface area contributed by atoms with Gasteiger partial charge < -0.3 is 16.0 Å². The summed E-state index contributed by atoms with van der Waals surface area (Å²) in [5, 5.41) is 2.80. The monoisotopic (exact) mass is 290 g/mol. The second-order valence-corrected chi connectivity index (χ2v) is 5.42. The Labute approximate surface area is 124 Å². The van der Waals surface area contributed by atoms with Gasteiger partial charge in [0.2, 0.25) is 5.91 Å². The Kier molecular flexibility index (Phi) is 5.27. The number of pyridine rings is 1. The smallest absolute Gasteiger partial charge is 0.255 e. The van der Waals surface area contributed by atoms with Gasteiger partial charge in [0.1, 0.15) is 0 Å². The molecular weight excluding hydrogens is 268 g/mol. The summed E-state index contributed by atoms with van der Waals surface area (Å²) in [6.07, 6.45) is 4.95. The molecule has 0 aliphatic carbocycles. The molecule has 0 aromatic carbocycles. The van der Waals surface area contributed by atoms with Crippen LogP contribution in [0.3, 0.4) is 0 Å². The van der Waals surface area contributed by atoms with Crippen LogP contribution in [-0.2, 0) is 4.79 Å². The maximum Gasteiger partial charge on any atom is 0.255 e. The Bertz CT molecular complexity index is 518. The molecule has 0 saturated carbocycles. The van der Waals surface area contributed by atoms with Gasteiger partial charge in [0.05, 0.1) is 11.5 Å². The van der Waals surface area contributed by atoms with Gasteiger partial charge in [-0.3, -0.25) is 14.6 Å². The lowest BCUT2D eigenvalue weighted by Gasteiger charge is -2.32. The first-order valence-corrected chi connectivity index (χ1v) is 7.30. The molecule has 6 heteroatoms. The maximum atomic E-state index is 12.5. The first kappa shape index (κ1) is 15.4. The topological polar surface area (TPSA) is 88.3 Å². The zero-order valence-electron chi connectivity index (χ0n) is 12.3. The SMILES string of the molecule is Cc1cncc(C(=O)N2CCCC(C(=O)NCCN)C2)c1. The number of hydrogen-bond donors (Lipinski definition) is 2. The lowest BCUT2D eigenvalue weighted by atomic mass is 9.96. The molecule has 2 rings (SSSR count). The lowest BCUT2D eigenvalue weighted by Crippen LogP contribution is -2.46. The van der Waals surface area contributed by atoms with E-state index in [-0.39, 0.29) is 17.7 Å². The fraction of sp³-hybridized carbons (Fsp3) is 0.533. The van der Waals surface area contributed by atoms with E-state index < -0.39 is 0 Å². The van der Waals surface area contributed by atoms with Crippen molar-refractivity contribution in [3.8, 4) is 0 Å². The molecule has 6 nitrogen and oxygen atoms in total. The van der Waals surface area contributed by atoms with Crippen LogP contribution >= 0.6 is 0 Å². The zero-order valence-corrected chi connectivity index (χ0v) is 12.3. The number of hydrogen-bond acceptors (Lipinski definition) is 4. The molecule has 114 valence electrons. The first-order chi connectivity index (χ1) is 10.1. The Morgan fingerprint density at radius 1 is 1.48 bits per heavy atom. The summed E-state index contributed by atoms with van der Waals surface area (Å²) >= 11 is 0. The highest BCUT2D eigenvalue weighted by Crippen LogP contribution is 2.19. The zero-order chi connectivity index (χ0) is 15.2. The van der Waals surface area contributed by atoms with Gasteiger partial charge in [-0.2, -0.15) is 0 Å². The molecule has 1 atom stereocenters. The molecule has 2 amide bonds. The minimum Gasteiger partial charge on any atom is -0.355 e. The normalized spacial score (nSPS) is 18.4. The largest absolute Gasteiger partial charge is 0.355 e. The number of nitrogens with two attached hydrogens (primary N) is 1. The van der Waals surface area contributed by atoms with Crippen molar-refractivity contribution in [2.75, 3.05) is 26.2 Å². The third-order valence-electron chi connectivity index (χ3n) is 3.64. The second-order valence-electron chi connectivity index (χ2n) is 5.42. The van der Waals surface area contributed by atoms with Crippen LogP contribution in [0.4, 0.5) is 0 Å². The molecule has 0 radical (unpaired) electrons.